The van der Waals surface area contributed by atoms with Crippen LogP contribution in [0.5, 0.6) is 0 Å². The molecular weight excluding hydrogens is 495 g/mol. The number of esters is 1. The molecule has 3 rings (SSSR count). The number of ether oxygens (including phenoxy) is 2. The summed E-state index contributed by atoms with van der Waals surface area (Å²) in [4.78, 5) is 49.3. The molecule has 31 heavy (non-hydrogen) atoms. The molecule has 166 valence electrons. The normalized spacial score (nSPS) is 20.5. The molecule has 0 saturated carbocycles. The van der Waals surface area contributed by atoms with Gasteiger partial charge in [-0.1, -0.05) is 53.0 Å². The van der Waals surface area contributed by atoms with Crippen LogP contribution in [0.3, 0.4) is 0 Å². The van der Waals surface area contributed by atoms with Crippen LogP contribution in [-0.4, -0.2) is 68.1 Å². The van der Waals surface area contributed by atoms with Gasteiger partial charge in [0.1, 0.15) is 30.3 Å². The maximum Gasteiger partial charge on any atom is 0.408 e. The third-order valence-electron chi connectivity index (χ3n) is 4.28. The number of halogens is 3. The van der Waals surface area contributed by atoms with Crippen LogP contribution in [0.4, 0.5) is 4.79 Å². The topological polar surface area (TPSA) is 122 Å². The summed E-state index contributed by atoms with van der Waals surface area (Å²) >= 11 is 17.7. The van der Waals surface area contributed by atoms with E-state index in [1.165, 1.54) is 11.8 Å². The Morgan fingerprint density at radius 1 is 1.19 bits per heavy atom. The third-order valence-corrected chi connectivity index (χ3v) is 5.94. The van der Waals surface area contributed by atoms with E-state index in [2.05, 4.69) is 5.32 Å². The van der Waals surface area contributed by atoms with E-state index >= 15 is 0 Å². The van der Waals surface area contributed by atoms with Crippen molar-refractivity contribution < 1.29 is 33.8 Å². The quantitative estimate of drug-likeness (QED) is 0.341. The number of benzene rings is 1. The number of alkyl carbamates (subject to hydrolysis) is 1. The minimum atomic E-state index is -1.81. The summed E-state index contributed by atoms with van der Waals surface area (Å²) in [7, 11) is 0. The van der Waals surface area contributed by atoms with Crippen molar-refractivity contribution >= 4 is 70.5 Å². The number of carboxylic acid groups (broad SMARTS) is 1. The first kappa shape index (κ1) is 23.5. The number of hydrogen-bond donors (Lipinski definition) is 2. The molecule has 0 spiro atoms. The van der Waals surface area contributed by atoms with Crippen molar-refractivity contribution in [2.45, 2.75) is 15.2 Å². The van der Waals surface area contributed by atoms with Gasteiger partial charge in [-0.05, 0) is 12.1 Å². The van der Waals surface area contributed by atoms with Crippen molar-refractivity contribution in [2.75, 3.05) is 19.0 Å². The molecular formula is C18H15Cl3N2O7S. The fourth-order valence-electron chi connectivity index (χ4n) is 2.92. The molecule has 1 unspecified atom stereocenters. The maximum absolute atomic E-state index is 12.5. The average Bonchev–Trinajstić information content (AvgIpc) is 2.73. The van der Waals surface area contributed by atoms with Crippen LogP contribution in [0.15, 0.2) is 41.6 Å². The van der Waals surface area contributed by atoms with Crippen molar-refractivity contribution in [3.05, 3.63) is 47.2 Å². The monoisotopic (exact) mass is 508 g/mol. The van der Waals surface area contributed by atoms with Gasteiger partial charge in [-0.25, -0.2) is 14.4 Å². The van der Waals surface area contributed by atoms with E-state index in [0.29, 0.717) is 5.56 Å². The van der Waals surface area contributed by atoms with E-state index < -0.39 is 45.8 Å². The van der Waals surface area contributed by atoms with Crippen LogP contribution in [0.1, 0.15) is 10.4 Å². The molecule has 2 amide bonds. The SMILES string of the molecule is O=C(NC1C(=O)N2C(C(=O)O)=C(COC(=O)c3ccccc3)CS[C@H]12)OCC(Cl)(Cl)Cl. The maximum atomic E-state index is 12.5. The molecule has 0 aliphatic carbocycles. The fourth-order valence-corrected chi connectivity index (χ4v) is 4.41. The van der Waals surface area contributed by atoms with Crippen molar-refractivity contribution in [3.8, 4) is 0 Å². The van der Waals surface area contributed by atoms with Gasteiger partial charge in [-0.2, -0.15) is 0 Å². The molecule has 2 aliphatic heterocycles. The Morgan fingerprint density at radius 3 is 2.48 bits per heavy atom. The first-order valence-electron chi connectivity index (χ1n) is 8.70. The fraction of sp³-hybridized carbons (Fsp3) is 0.333. The van der Waals surface area contributed by atoms with Crippen LogP contribution in [0, 0.1) is 0 Å². The summed E-state index contributed by atoms with van der Waals surface area (Å²) < 4.78 is 8.13. The molecule has 1 aromatic carbocycles. The lowest BCUT2D eigenvalue weighted by atomic mass is 10.0. The lowest BCUT2D eigenvalue weighted by molar-refractivity contribution is -0.149. The van der Waals surface area contributed by atoms with Crippen molar-refractivity contribution in [3.63, 3.8) is 0 Å². The van der Waals surface area contributed by atoms with Crippen LogP contribution in [-0.2, 0) is 19.1 Å². The number of β-lactam (4-membered cyclic amide) rings is 1. The Balaban J connectivity index is 1.65. The standard InChI is InChI=1S/C18H15Cl3N2O7S/c19-18(20,21)8-30-17(28)22-11-13(24)23-12(15(25)26)10(7-31-14(11)23)6-29-16(27)9-4-2-1-3-5-9/h1-5,11,14H,6-8H2,(H,22,28)(H,25,26)/t11?,14-/m1/s1. The Labute approximate surface area is 195 Å². The van der Waals surface area contributed by atoms with Gasteiger partial charge < -0.3 is 19.9 Å². The zero-order valence-electron chi connectivity index (χ0n) is 15.5. The molecule has 2 N–H and O–H groups in total. The molecule has 0 bridgehead atoms. The van der Waals surface area contributed by atoms with Crippen LogP contribution < -0.4 is 5.32 Å². The molecule has 13 heteroatoms. The number of aliphatic carboxylic acids is 1. The number of nitrogens with one attached hydrogen (secondary N) is 1. The van der Waals surface area contributed by atoms with Gasteiger partial charge in [-0.3, -0.25) is 9.69 Å². The summed E-state index contributed by atoms with van der Waals surface area (Å²) in [5, 5.41) is 11.3. The van der Waals surface area contributed by atoms with E-state index in [1.54, 1.807) is 30.3 Å². The Kier molecular flexibility index (Phi) is 7.25. The largest absolute Gasteiger partial charge is 0.477 e. The zero-order valence-corrected chi connectivity index (χ0v) is 18.6. The van der Waals surface area contributed by atoms with Crippen LogP contribution >= 0.6 is 46.6 Å². The van der Waals surface area contributed by atoms with E-state index in [4.69, 9.17) is 44.3 Å². The summed E-state index contributed by atoms with van der Waals surface area (Å²) in [6.45, 7) is -0.814. The number of amides is 2. The predicted molar refractivity (Wildman–Crippen MR) is 113 cm³/mol. The van der Waals surface area contributed by atoms with Gasteiger partial charge in [-0.15, -0.1) is 11.8 Å². The number of fused-ring (bicyclic) bond motifs is 1. The van der Waals surface area contributed by atoms with Gasteiger partial charge in [0.05, 0.1) is 5.56 Å². The molecule has 1 saturated heterocycles. The number of hydrogen-bond acceptors (Lipinski definition) is 7. The molecule has 2 heterocycles. The summed E-state index contributed by atoms with van der Waals surface area (Å²) in [6.07, 6.45) is -0.978. The van der Waals surface area contributed by atoms with Crippen LogP contribution in [0.2, 0.25) is 0 Å². The minimum absolute atomic E-state index is 0.180. The molecule has 2 aliphatic rings. The Bertz CT molecular complexity index is 936. The highest BCUT2D eigenvalue weighted by Crippen LogP contribution is 2.40. The zero-order chi connectivity index (χ0) is 22.8. The van der Waals surface area contributed by atoms with Crippen molar-refractivity contribution in [1.29, 1.82) is 0 Å². The minimum Gasteiger partial charge on any atom is -0.477 e. The van der Waals surface area contributed by atoms with E-state index in [-0.39, 0.29) is 23.6 Å². The number of rotatable bonds is 6. The van der Waals surface area contributed by atoms with Gasteiger partial charge in [0, 0.05) is 11.3 Å². The smallest absolute Gasteiger partial charge is 0.408 e. The second kappa shape index (κ2) is 9.56. The van der Waals surface area contributed by atoms with Gasteiger partial charge in [0.15, 0.2) is 0 Å². The van der Waals surface area contributed by atoms with E-state index in [0.717, 1.165) is 4.90 Å². The second-order valence-corrected chi connectivity index (χ2v) is 10.0. The van der Waals surface area contributed by atoms with Gasteiger partial charge in [0.2, 0.25) is 3.79 Å². The second-order valence-electron chi connectivity index (χ2n) is 6.42. The lowest BCUT2D eigenvalue weighted by Gasteiger charge is -2.49. The number of thioether (sulfide) groups is 1. The summed E-state index contributed by atoms with van der Waals surface area (Å²) in [6, 6.07) is 7.21. The molecule has 1 fully saturated rings. The van der Waals surface area contributed by atoms with Crippen molar-refractivity contribution in [2.24, 2.45) is 0 Å². The number of nitrogens with zero attached hydrogens (tertiary/aromatic N) is 1. The number of carbonyl (C=O) groups excluding carboxylic acids is 3. The van der Waals surface area contributed by atoms with E-state index in [1.807, 2.05) is 0 Å². The number of carboxylic acids is 1. The first-order valence-corrected chi connectivity index (χ1v) is 10.9. The number of alkyl halides is 3. The summed E-state index contributed by atoms with van der Waals surface area (Å²) in [5.74, 6) is -2.43. The van der Waals surface area contributed by atoms with Crippen molar-refractivity contribution in [1.82, 2.24) is 10.2 Å². The highest BCUT2D eigenvalue weighted by Gasteiger charge is 2.54. The lowest BCUT2D eigenvalue weighted by Crippen LogP contribution is -2.70. The van der Waals surface area contributed by atoms with E-state index in [9.17, 15) is 24.3 Å². The Hall–Kier alpha value is -2.14. The highest BCUT2D eigenvalue weighted by atomic mass is 35.6. The summed E-state index contributed by atoms with van der Waals surface area (Å²) in [5.41, 5.74) is 0.310. The van der Waals surface area contributed by atoms with Crippen LogP contribution in [0.25, 0.3) is 0 Å². The molecule has 1 aromatic rings. The predicted octanol–water partition coefficient (Wildman–Crippen LogP) is 2.56. The van der Waals surface area contributed by atoms with Gasteiger partial charge >= 0.3 is 18.0 Å². The molecule has 2 atom stereocenters. The Morgan fingerprint density at radius 2 is 1.87 bits per heavy atom. The molecule has 9 nitrogen and oxygen atoms in total. The average molecular weight is 510 g/mol. The number of carbonyl (C=O) groups is 4. The van der Waals surface area contributed by atoms with Gasteiger partial charge in [0.25, 0.3) is 5.91 Å². The highest BCUT2D eigenvalue weighted by molar-refractivity contribution is 8.00. The molecule has 0 aromatic heterocycles. The first-order chi connectivity index (χ1) is 14.6. The third kappa shape index (κ3) is 5.57. The molecule has 0 radical (unpaired) electrons.